The van der Waals surface area contributed by atoms with Crippen LogP contribution in [0.15, 0.2) is 24.3 Å². The number of nitrogens with zero attached hydrogens (tertiary/aromatic N) is 1. The third kappa shape index (κ3) is 4.69. The average Bonchev–Trinajstić information content (AvgIpc) is 2.83. The highest BCUT2D eigenvalue weighted by Crippen LogP contribution is 2.29. The van der Waals surface area contributed by atoms with Crippen molar-refractivity contribution in [2.45, 2.75) is 37.7 Å². The SMILES string of the molecule is CN(CCCOc1ccc(N)cc1)CC1(O)CCCC1. The van der Waals surface area contributed by atoms with E-state index in [9.17, 15) is 5.11 Å². The number of likely N-dealkylation sites (N-methyl/N-ethyl adjacent to an activating group) is 1. The van der Waals surface area contributed by atoms with Crippen LogP contribution in [-0.4, -0.2) is 42.4 Å². The summed E-state index contributed by atoms with van der Waals surface area (Å²) in [6.45, 7) is 2.40. The zero-order chi connectivity index (χ0) is 14.4. The Labute approximate surface area is 121 Å². The van der Waals surface area contributed by atoms with Gasteiger partial charge < -0.3 is 20.5 Å². The van der Waals surface area contributed by atoms with E-state index in [-0.39, 0.29) is 0 Å². The summed E-state index contributed by atoms with van der Waals surface area (Å²) >= 11 is 0. The lowest BCUT2D eigenvalue weighted by Gasteiger charge is -2.28. The smallest absolute Gasteiger partial charge is 0.119 e. The van der Waals surface area contributed by atoms with Gasteiger partial charge in [-0.3, -0.25) is 0 Å². The van der Waals surface area contributed by atoms with E-state index >= 15 is 0 Å². The molecule has 0 atom stereocenters. The molecule has 0 spiro atoms. The third-order valence-electron chi connectivity index (χ3n) is 3.93. The summed E-state index contributed by atoms with van der Waals surface area (Å²) < 4.78 is 5.66. The Morgan fingerprint density at radius 1 is 1.25 bits per heavy atom. The molecule has 0 amide bonds. The van der Waals surface area contributed by atoms with E-state index in [2.05, 4.69) is 11.9 Å². The maximum Gasteiger partial charge on any atom is 0.119 e. The molecule has 1 aliphatic rings. The number of aliphatic hydroxyl groups is 1. The summed E-state index contributed by atoms with van der Waals surface area (Å²) in [7, 11) is 2.07. The van der Waals surface area contributed by atoms with Crippen LogP contribution in [0.4, 0.5) is 5.69 Å². The number of anilines is 1. The van der Waals surface area contributed by atoms with Crippen LogP contribution in [0.2, 0.25) is 0 Å². The molecule has 1 aromatic rings. The Kier molecular flexibility index (Phi) is 5.26. The Balaban J connectivity index is 1.61. The first-order valence-corrected chi connectivity index (χ1v) is 7.47. The van der Waals surface area contributed by atoms with Gasteiger partial charge in [0.15, 0.2) is 0 Å². The van der Waals surface area contributed by atoms with Crippen molar-refractivity contribution in [2.75, 3.05) is 32.5 Å². The molecule has 1 aliphatic carbocycles. The molecule has 112 valence electrons. The highest BCUT2D eigenvalue weighted by atomic mass is 16.5. The fraction of sp³-hybridized carbons (Fsp3) is 0.625. The Morgan fingerprint density at radius 2 is 1.90 bits per heavy atom. The molecule has 0 radical (unpaired) electrons. The highest BCUT2D eigenvalue weighted by Gasteiger charge is 2.31. The number of nitrogens with two attached hydrogens (primary N) is 1. The number of benzene rings is 1. The van der Waals surface area contributed by atoms with Crippen LogP contribution in [-0.2, 0) is 0 Å². The minimum absolute atomic E-state index is 0.452. The van der Waals surface area contributed by atoms with Crippen molar-refractivity contribution in [3.8, 4) is 5.75 Å². The van der Waals surface area contributed by atoms with Crippen molar-refractivity contribution in [1.82, 2.24) is 4.90 Å². The van der Waals surface area contributed by atoms with E-state index in [0.717, 1.165) is 56.6 Å². The fourth-order valence-electron chi connectivity index (χ4n) is 2.86. The van der Waals surface area contributed by atoms with Crippen molar-refractivity contribution in [3.63, 3.8) is 0 Å². The number of hydrogen-bond donors (Lipinski definition) is 2. The van der Waals surface area contributed by atoms with Crippen LogP contribution in [0.5, 0.6) is 5.75 Å². The van der Waals surface area contributed by atoms with E-state index < -0.39 is 5.60 Å². The lowest BCUT2D eigenvalue weighted by molar-refractivity contribution is 0.0155. The van der Waals surface area contributed by atoms with Crippen LogP contribution >= 0.6 is 0 Å². The van der Waals surface area contributed by atoms with Gasteiger partial charge in [-0.05, 0) is 50.6 Å². The predicted octanol–water partition coefficient (Wildman–Crippen LogP) is 2.27. The minimum atomic E-state index is -0.452. The molecule has 4 nitrogen and oxygen atoms in total. The standard InChI is InChI=1S/C16H26N2O2/c1-18(13-16(19)9-2-3-10-16)11-4-12-20-15-7-5-14(17)6-8-15/h5-8,19H,2-4,9-13,17H2,1H3. The monoisotopic (exact) mass is 278 g/mol. The summed E-state index contributed by atoms with van der Waals surface area (Å²) in [6, 6.07) is 7.47. The number of hydrogen-bond acceptors (Lipinski definition) is 4. The second-order valence-corrected chi connectivity index (χ2v) is 5.94. The van der Waals surface area contributed by atoms with Gasteiger partial charge in [-0.25, -0.2) is 0 Å². The molecular formula is C16H26N2O2. The molecule has 20 heavy (non-hydrogen) atoms. The van der Waals surface area contributed by atoms with Crippen LogP contribution in [0.1, 0.15) is 32.1 Å². The molecule has 0 heterocycles. The zero-order valence-corrected chi connectivity index (χ0v) is 12.3. The first-order valence-electron chi connectivity index (χ1n) is 7.47. The van der Waals surface area contributed by atoms with E-state index in [1.165, 1.54) is 0 Å². The Hall–Kier alpha value is -1.26. The van der Waals surface area contributed by atoms with Gasteiger partial charge in [-0.2, -0.15) is 0 Å². The van der Waals surface area contributed by atoms with Gasteiger partial charge >= 0.3 is 0 Å². The van der Waals surface area contributed by atoms with Gasteiger partial charge in [-0.1, -0.05) is 12.8 Å². The molecule has 0 aromatic heterocycles. The second-order valence-electron chi connectivity index (χ2n) is 5.94. The van der Waals surface area contributed by atoms with Crippen molar-refractivity contribution in [2.24, 2.45) is 0 Å². The van der Waals surface area contributed by atoms with Gasteiger partial charge in [0.25, 0.3) is 0 Å². The molecule has 1 aromatic carbocycles. The molecule has 0 aliphatic heterocycles. The van der Waals surface area contributed by atoms with Crippen molar-refractivity contribution in [1.29, 1.82) is 0 Å². The van der Waals surface area contributed by atoms with Crippen molar-refractivity contribution >= 4 is 5.69 Å². The summed E-state index contributed by atoms with van der Waals surface area (Å²) in [4.78, 5) is 2.21. The normalized spacial score (nSPS) is 17.6. The van der Waals surface area contributed by atoms with Gasteiger partial charge in [0, 0.05) is 18.8 Å². The van der Waals surface area contributed by atoms with E-state index in [1.54, 1.807) is 0 Å². The average molecular weight is 278 g/mol. The molecule has 0 saturated heterocycles. The summed E-state index contributed by atoms with van der Waals surface area (Å²) in [5, 5.41) is 10.3. The zero-order valence-electron chi connectivity index (χ0n) is 12.3. The van der Waals surface area contributed by atoms with Crippen molar-refractivity contribution in [3.05, 3.63) is 24.3 Å². The Bertz CT molecular complexity index is 399. The van der Waals surface area contributed by atoms with E-state index in [1.807, 2.05) is 24.3 Å². The molecule has 4 heteroatoms. The van der Waals surface area contributed by atoms with Crippen LogP contribution in [0.3, 0.4) is 0 Å². The summed E-state index contributed by atoms with van der Waals surface area (Å²) in [6.07, 6.45) is 5.16. The molecule has 1 fully saturated rings. The minimum Gasteiger partial charge on any atom is -0.494 e. The molecule has 1 saturated carbocycles. The maximum atomic E-state index is 10.3. The van der Waals surface area contributed by atoms with Gasteiger partial charge in [0.05, 0.1) is 12.2 Å². The van der Waals surface area contributed by atoms with E-state index in [4.69, 9.17) is 10.5 Å². The van der Waals surface area contributed by atoms with Crippen LogP contribution < -0.4 is 10.5 Å². The Morgan fingerprint density at radius 3 is 2.55 bits per heavy atom. The number of ether oxygens (including phenoxy) is 1. The molecule has 2 rings (SSSR count). The number of rotatable bonds is 7. The first kappa shape index (κ1) is 15.1. The molecule has 0 bridgehead atoms. The summed E-state index contributed by atoms with van der Waals surface area (Å²) in [5.74, 6) is 0.858. The molecule has 3 N–H and O–H groups in total. The topological polar surface area (TPSA) is 58.7 Å². The largest absolute Gasteiger partial charge is 0.494 e. The second kappa shape index (κ2) is 6.95. The maximum absolute atomic E-state index is 10.3. The van der Waals surface area contributed by atoms with Gasteiger partial charge in [-0.15, -0.1) is 0 Å². The molecule has 0 unspecified atom stereocenters. The fourth-order valence-corrected chi connectivity index (χ4v) is 2.86. The van der Waals surface area contributed by atoms with E-state index in [0.29, 0.717) is 6.61 Å². The lowest BCUT2D eigenvalue weighted by atomic mass is 10.0. The first-order chi connectivity index (χ1) is 9.57. The van der Waals surface area contributed by atoms with Crippen LogP contribution in [0, 0.1) is 0 Å². The predicted molar refractivity (Wildman–Crippen MR) is 81.9 cm³/mol. The van der Waals surface area contributed by atoms with Gasteiger partial charge in [0.1, 0.15) is 5.75 Å². The lowest BCUT2D eigenvalue weighted by Crippen LogP contribution is -2.39. The van der Waals surface area contributed by atoms with Crippen LogP contribution in [0.25, 0.3) is 0 Å². The van der Waals surface area contributed by atoms with Gasteiger partial charge in [0.2, 0.25) is 0 Å². The molecular weight excluding hydrogens is 252 g/mol. The van der Waals surface area contributed by atoms with Crippen molar-refractivity contribution < 1.29 is 9.84 Å². The number of nitrogen functional groups attached to an aromatic ring is 1. The summed E-state index contributed by atoms with van der Waals surface area (Å²) in [5.41, 5.74) is 5.93. The quantitative estimate of drug-likeness (QED) is 0.593. The third-order valence-corrected chi connectivity index (χ3v) is 3.93. The highest BCUT2D eigenvalue weighted by molar-refractivity contribution is 5.41.